The predicted octanol–water partition coefficient (Wildman–Crippen LogP) is 4.92. The molecule has 4 nitrogen and oxygen atoms in total. The monoisotopic (exact) mass is 364 g/mol. The van der Waals surface area contributed by atoms with Crippen LogP contribution in [0.5, 0.6) is 11.5 Å². The number of aryl methyl sites for hydroxylation is 1. The fourth-order valence-electron chi connectivity index (χ4n) is 2.77. The van der Waals surface area contributed by atoms with Crippen molar-refractivity contribution >= 4 is 11.0 Å². The van der Waals surface area contributed by atoms with E-state index in [1.54, 1.807) is 37.4 Å². The molecule has 0 amide bonds. The maximum atomic E-state index is 13.2. The van der Waals surface area contributed by atoms with Crippen LogP contribution < -0.4 is 9.47 Å². The lowest BCUT2D eigenvalue weighted by atomic mass is 10.3. The van der Waals surface area contributed by atoms with Crippen molar-refractivity contribution in [1.82, 2.24) is 9.55 Å². The van der Waals surface area contributed by atoms with Crippen molar-refractivity contribution < 1.29 is 22.6 Å². The topological polar surface area (TPSA) is 36.3 Å². The second-order valence-electron chi connectivity index (χ2n) is 5.81. The number of aromatic nitrogens is 2. The zero-order valence-electron chi connectivity index (χ0n) is 14.3. The normalized spacial score (nSPS) is 11.7. The van der Waals surface area contributed by atoms with Gasteiger partial charge in [-0.05, 0) is 37.1 Å². The summed E-state index contributed by atoms with van der Waals surface area (Å²) < 4.78 is 51.7. The number of methoxy groups -OCH3 is 1. The van der Waals surface area contributed by atoms with Crippen LogP contribution in [0.3, 0.4) is 0 Å². The van der Waals surface area contributed by atoms with Crippen molar-refractivity contribution in [3.63, 3.8) is 0 Å². The van der Waals surface area contributed by atoms with Crippen molar-refractivity contribution in [2.45, 2.75) is 25.6 Å². The molecule has 3 rings (SSSR count). The lowest BCUT2D eigenvalue weighted by Crippen LogP contribution is -2.15. The molecule has 1 heterocycles. The number of nitrogens with zero attached hydrogens (tertiary/aromatic N) is 2. The van der Waals surface area contributed by atoms with E-state index in [0.29, 0.717) is 42.0 Å². The molecular formula is C19H19F3N2O2. The number of alkyl halides is 3. The van der Waals surface area contributed by atoms with Gasteiger partial charge in [0, 0.05) is 12.6 Å². The van der Waals surface area contributed by atoms with Gasteiger partial charge < -0.3 is 14.0 Å². The highest BCUT2D eigenvalue weighted by molar-refractivity contribution is 5.76. The van der Waals surface area contributed by atoms with Gasteiger partial charge in [-0.15, -0.1) is 0 Å². The SMILES string of the molecule is COc1cccc(OCCCCn2c(C(F)(F)F)nc3ccccc32)c1. The molecule has 3 aromatic rings. The summed E-state index contributed by atoms with van der Waals surface area (Å²) >= 11 is 0. The Balaban J connectivity index is 1.61. The summed E-state index contributed by atoms with van der Waals surface area (Å²) in [7, 11) is 1.58. The molecule has 2 aromatic carbocycles. The van der Waals surface area contributed by atoms with Crippen LogP contribution in [-0.2, 0) is 12.7 Å². The van der Waals surface area contributed by atoms with Crippen molar-refractivity contribution in [3.05, 3.63) is 54.4 Å². The minimum absolute atomic E-state index is 0.233. The highest BCUT2D eigenvalue weighted by atomic mass is 19.4. The van der Waals surface area contributed by atoms with Crippen molar-refractivity contribution in [3.8, 4) is 11.5 Å². The molecule has 0 N–H and O–H groups in total. The summed E-state index contributed by atoms with van der Waals surface area (Å²) in [6.45, 7) is 0.651. The van der Waals surface area contributed by atoms with Crippen LogP contribution in [0.25, 0.3) is 11.0 Å². The van der Waals surface area contributed by atoms with Gasteiger partial charge in [0.2, 0.25) is 5.82 Å². The summed E-state index contributed by atoms with van der Waals surface area (Å²) in [5.74, 6) is 0.517. The van der Waals surface area contributed by atoms with Gasteiger partial charge in [0.05, 0.1) is 24.8 Å². The molecule has 0 aliphatic heterocycles. The number of rotatable bonds is 7. The number of para-hydroxylation sites is 2. The second kappa shape index (κ2) is 7.68. The third-order valence-electron chi connectivity index (χ3n) is 3.99. The molecule has 26 heavy (non-hydrogen) atoms. The summed E-state index contributed by atoms with van der Waals surface area (Å²) in [5.41, 5.74) is 0.848. The lowest BCUT2D eigenvalue weighted by Gasteiger charge is -2.12. The number of benzene rings is 2. The number of halogens is 3. The highest BCUT2D eigenvalue weighted by Gasteiger charge is 2.37. The van der Waals surface area contributed by atoms with Gasteiger partial charge in [-0.3, -0.25) is 0 Å². The molecule has 0 atom stereocenters. The minimum Gasteiger partial charge on any atom is -0.497 e. The van der Waals surface area contributed by atoms with Crippen molar-refractivity contribution in [2.75, 3.05) is 13.7 Å². The first kappa shape index (κ1) is 18.1. The number of hydrogen-bond acceptors (Lipinski definition) is 3. The largest absolute Gasteiger partial charge is 0.497 e. The molecule has 0 saturated heterocycles. The molecule has 0 aliphatic rings. The lowest BCUT2D eigenvalue weighted by molar-refractivity contribution is -0.147. The van der Waals surface area contributed by atoms with Crippen LogP contribution in [0.2, 0.25) is 0 Å². The van der Waals surface area contributed by atoms with Crippen LogP contribution in [0.1, 0.15) is 18.7 Å². The minimum atomic E-state index is -4.48. The fourth-order valence-corrected chi connectivity index (χ4v) is 2.77. The van der Waals surface area contributed by atoms with E-state index in [-0.39, 0.29) is 6.54 Å². The smallest absolute Gasteiger partial charge is 0.449 e. The third-order valence-corrected chi connectivity index (χ3v) is 3.99. The third kappa shape index (κ3) is 4.09. The van der Waals surface area contributed by atoms with Gasteiger partial charge in [0.1, 0.15) is 11.5 Å². The van der Waals surface area contributed by atoms with E-state index < -0.39 is 12.0 Å². The van der Waals surface area contributed by atoms with E-state index in [1.165, 1.54) is 4.57 Å². The maximum absolute atomic E-state index is 13.2. The molecule has 0 fully saturated rings. The van der Waals surface area contributed by atoms with Crippen LogP contribution >= 0.6 is 0 Å². The number of unbranched alkanes of at least 4 members (excludes halogenated alkanes) is 1. The van der Waals surface area contributed by atoms with E-state index in [9.17, 15) is 13.2 Å². The predicted molar refractivity (Wildman–Crippen MR) is 92.5 cm³/mol. The molecule has 0 bridgehead atoms. The second-order valence-corrected chi connectivity index (χ2v) is 5.81. The summed E-state index contributed by atoms with van der Waals surface area (Å²) in [6.07, 6.45) is -3.30. The Bertz CT molecular complexity index is 875. The average Bonchev–Trinajstić information content (AvgIpc) is 3.01. The van der Waals surface area contributed by atoms with Crippen molar-refractivity contribution in [2.24, 2.45) is 0 Å². The Kier molecular flexibility index (Phi) is 5.35. The summed E-state index contributed by atoms with van der Waals surface area (Å²) in [4.78, 5) is 3.74. The van der Waals surface area contributed by atoms with Crippen LogP contribution in [-0.4, -0.2) is 23.3 Å². The van der Waals surface area contributed by atoms with Crippen LogP contribution in [0.15, 0.2) is 48.5 Å². The first-order valence-corrected chi connectivity index (χ1v) is 8.28. The first-order valence-electron chi connectivity index (χ1n) is 8.28. The Morgan fingerprint density at radius 1 is 1.00 bits per heavy atom. The Labute approximate surface area is 149 Å². The molecular weight excluding hydrogens is 345 g/mol. The highest BCUT2D eigenvalue weighted by Crippen LogP contribution is 2.31. The quantitative estimate of drug-likeness (QED) is 0.558. The molecule has 0 aliphatic carbocycles. The van der Waals surface area contributed by atoms with E-state index >= 15 is 0 Å². The maximum Gasteiger partial charge on any atom is 0.449 e. The number of fused-ring (bicyclic) bond motifs is 1. The molecule has 0 unspecified atom stereocenters. The number of hydrogen-bond donors (Lipinski definition) is 0. The van der Waals surface area contributed by atoms with E-state index in [2.05, 4.69) is 4.98 Å². The van der Waals surface area contributed by atoms with Gasteiger partial charge in [-0.1, -0.05) is 18.2 Å². The van der Waals surface area contributed by atoms with Crippen LogP contribution in [0.4, 0.5) is 13.2 Å². The molecule has 138 valence electrons. The Morgan fingerprint density at radius 3 is 2.54 bits per heavy atom. The van der Waals surface area contributed by atoms with E-state index in [1.807, 2.05) is 18.2 Å². The molecule has 0 radical (unpaired) electrons. The zero-order valence-corrected chi connectivity index (χ0v) is 14.3. The molecule has 0 spiro atoms. The Hall–Kier alpha value is -2.70. The standard InChI is InChI=1S/C19H19F3N2O2/c1-25-14-7-6-8-15(13-14)26-12-5-4-11-24-17-10-3-2-9-16(17)23-18(24)19(20,21)22/h2-3,6-10,13H,4-5,11-12H2,1H3. The average molecular weight is 364 g/mol. The molecule has 1 aromatic heterocycles. The van der Waals surface area contributed by atoms with Gasteiger partial charge in [0.15, 0.2) is 0 Å². The number of imidazole rings is 1. The zero-order chi connectivity index (χ0) is 18.6. The van der Waals surface area contributed by atoms with Gasteiger partial charge in [-0.2, -0.15) is 13.2 Å². The van der Waals surface area contributed by atoms with Crippen LogP contribution in [0, 0.1) is 0 Å². The molecule has 7 heteroatoms. The van der Waals surface area contributed by atoms with Gasteiger partial charge in [0.25, 0.3) is 0 Å². The molecule has 0 saturated carbocycles. The van der Waals surface area contributed by atoms with E-state index in [4.69, 9.17) is 9.47 Å². The van der Waals surface area contributed by atoms with Crippen molar-refractivity contribution in [1.29, 1.82) is 0 Å². The summed E-state index contributed by atoms with van der Waals surface area (Å²) in [6, 6.07) is 13.9. The Morgan fingerprint density at radius 2 is 1.77 bits per heavy atom. The number of ether oxygens (including phenoxy) is 2. The van der Waals surface area contributed by atoms with Gasteiger partial charge >= 0.3 is 6.18 Å². The summed E-state index contributed by atoms with van der Waals surface area (Å²) in [5, 5.41) is 0. The van der Waals surface area contributed by atoms with E-state index in [0.717, 1.165) is 0 Å². The first-order chi connectivity index (χ1) is 12.5. The van der Waals surface area contributed by atoms with Gasteiger partial charge in [-0.25, -0.2) is 4.98 Å². The fraction of sp³-hybridized carbons (Fsp3) is 0.316.